The van der Waals surface area contributed by atoms with Gasteiger partial charge in [0.05, 0.1) is 0 Å². The maximum absolute atomic E-state index is 4.36. The Hall–Kier alpha value is -1.30. The Bertz CT molecular complexity index is 575. The molecular weight excluding hydrogens is 228 g/mol. The van der Waals surface area contributed by atoms with Gasteiger partial charge in [-0.15, -0.1) is 0 Å². The molecule has 0 radical (unpaired) electrons. The standard InChI is InChI=1S/C19H26/c1-12-9-15-14(3)17(11-18(4,5)6)19(7,8)16(15)10-13(12)2/h9-11H,3H2,1-2,4-8H3/b17-11+. The van der Waals surface area contributed by atoms with Crippen molar-refractivity contribution in [3.63, 3.8) is 0 Å². The third-order valence-corrected chi connectivity index (χ3v) is 4.21. The van der Waals surface area contributed by atoms with Crippen molar-refractivity contribution in [1.29, 1.82) is 0 Å². The lowest BCUT2D eigenvalue weighted by Crippen LogP contribution is -2.17. The zero-order valence-corrected chi connectivity index (χ0v) is 13.4. The molecule has 1 aliphatic carbocycles. The minimum atomic E-state index is 0.0676. The van der Waals surface area contributed by atoms with Gasteiger partial charge in [-0.25, -0.2) is 0 Å². The highest BCUT2D eigenvalue weighted by atomic mass is 14.4. The van der Waals surface area contributed by atoms with Gasteiger partial charge < -0.3 is 0 Å². The molecule has 0 atom stereocenters. The second kappa shape index (κ2) is 4.10. The molecule has 0 aromatic heterocycles. The summed E-state index contributed by atoms with van der Waals surface area (Å²) in [5.41, 5.74) is 8.34. The minimum Gasteiger partial charge on any atom is -0.0908 e. The molecule has 0 N–H and O–H groups in total. The number of hydrogen-bond donors (Lipinski definition) is 0. The molecule has 0 aliphatic heterocycles. The second-order valence-electron chi connectivity index (χ2n) is 7.51. The number of allylic oxidation sites excluding steroid dienone is 3. The molecule has 102 valence electrons. The molecule has 0 bridgehead atoms. The highest BCUT2D eigenvalue weighted by molar-refractivity contribution is 5.88. The van der Waals surface area contributed by atoms with Crippen molar-refractivity contribution in [3.05, 3.63) is 52.6 Å². The fourth-order valence-corrected chi connectivity index (χ4v) is 2.95. The molecule has 2 rings (SSSR count). The van der Waals surface area contributed by atoms with Crippen molar-refractivity contribution in [1.82, 2.24) is 0 Å². The zero-order chi connectivity index (χ0) is 14.6. The van der Waals surface area contributed by atoms with Crippen LogP contribution in [0.25, 0.3) is 5.57 Å². The van der Waals surface area contributed by atoms with Crippen molar-refractivity contribution < 1.29 is 0 Å². The highest BCUT2D eigenvalue weighted by Gasteiger charge is 2.38. The Balaban J connectivity index is 2.69. The summed E-state index contributed by atoms with van der Waals surface area (Å²) in [6.45, 7) is 20.1. The largest absolute Gasteiger partial charge is 0.0908 e. The third-order valence-electron chi connectivity index (χ3n) is 4.21. The molecule has 0 fully saturated rings. The van der Waals surface area contributed by atoms with E-state index in [9.17, 15) is 0 Å². The Morgan fingerprint density at radius 3 is 2.11 bits per heavy atom. The number of benzene rings is 1. The molecule has 0 spiro atoms. The van der Waals surface area contributed by atoms with Crippen LogP contribution in [0.5, 0.6) is 0 Å². The summed E-state index contributed by atoms with van der Waals surface area (Å²) in [4.78, 5) is 0. The van der Waals surface area contributed by atoms with Crippen LogP contribution < -0.4 is 0 Å². The van der Waals surface area contributed by atoms with E-state index < -0.39 is 0 Å². The topological polar surface area (TPSA) is 0 Å². The van der Waals surface area contributed by atoms with Gasteiger partial charge in [0.2, 0.25) is 0 Å². The molecule has 0 heterocycles. The zero-order valence-electron chi connectivity index (χ0n) is 13.4. The minimum absolute atomic E-state index is 0.0676. The van der Waals surface area contributed by atoms with E-state index in [2.05, 4.69) is 73.3 Å². The number of fused-ring (bicyclic) bond motifs is 1. The summed E-state index contributed by atoms with van der Waals surface area (Å²) in [5, 5.41) is 0. The normalized spacial score (nSPS) is 19.9. The summed E-state index contributed by atoms with van der Waals surface area (Å²) < 4.78 is 0. The van der Waals surface area contributed by atoms with Crippen LogP contribution in [0.3, 0.4) is 0 Å². The van der Waals surface area contributed by atoms with E-state index >= 15 is 0 Å². The molecule has 0 amide bonds. The van der Waals surface area contributed by atoms with Crippen LogP contribution in [0.15, 0.2) is 30.4 Å². The van der Waals surface area contributed by atoms with Crippen LogP contribution in [-0.4, -0.2) is 0 Å². The molecule has 0 saturated carbocycles. The first-order valence-corrected chi connectivity index (χ1v) is 7.09. The van der Waals surface area contributed by atoms with Crippen LogP contribution in [-0.2, 0) is 5.41 Å². The van der Waals surface area contributed by atoms with Gasteiger partial charge in [0.15, 0.2) is 0 Å². The van der Waals surface area contributed by atoms with Crippen molar-refractivity contribution in [2.75, 3.05) is 0 Å². The van der Waals surface area contributed by atoms with Crippen LogP contribution in [0.2, 0.25) is 0 Å². The van der Waals surface area contributed by atoms with E-state index in [-0.39, 0.29) is 10.8 Å². The lowest BCUT2D eigenvalue weighted by Gasteiger charge is -2.25. The summed E-state index contributed by atoms with van der Waals surface area (Å²) in [6, 6.07) is 4.65. The molecule has 1 aromatic rings. The van der Waals surface area contributed by atoms with Gasteiger partial charge >= 0.3 is 0 Å². The van der Waals surface area contributed by atoms with Gasteiger partial charge in [-0.3, -0.25) is 0 Å². The maximum Gasteiger partial charge on any atom is 0.0155 e. The fraction of sp³-hybridized carbons (Fsp3) is 0.474. The maximum atomic E-state index is 4.36. The predicted molar refractivity (Wildman–Crippen MR) is 85.5 cm³/mol. The third kappa shape index (κ3) is 2.29. The molecule has 0 nitrogen and oxygen atoms in total. The molecule has 0 saturated heterocycles. The first kappa shape index (κ1) is 14.1. The molecule has 0 unspecified atom stereocenters. The smallest absolute Gasteiger partial charge is 0.0155 e. The molecule has 1 aliphatic rings. The summed E-state index contributed by atoms with van der Waals surface area (Å²) in [7, 11) is 0. The Morgan fingerprint density at radius 2 is 1.58 bits per heavy atom. The first-order valence-electron chi connectivity index (χ1n) is 7.09. The van der Waals surface area contributed by atoms with Crippen molar-refractivity contribution in [2.24, 2.45) is 5.41 Å². The molecular formula is C19H26. The Labute approximate surface area is 118 Å². The van der Waals surface area contributed by atoms with Crippen LogP contribution in [0.4, 0.5) is 0 Å². The van der Waals surface area contributed by atoms with Gasteiger partial charge in [-0.2, -0.15) is 0 Å². The number of rotatable bonds is 0. The average Bonchev–Trinajstić information content (AvgIpc) is 2.41. The van der Waals surface area contributed by atoms with E-state index in [1.165, 1.54) is 33.4 Å². The first-order chi connectivity index (χ1) is 8.54. The van der Waals surface area contributed by atoms with Gasteiger partial charge in [-0.1, -0.05) is 59.4 Å². The van der Waals surface area contributed by atoms with Gasteiger partial charge in [0.25, 0.3) is 0 Å². The quantitative estimate of drug-likeness (QED) is 0.567. The molecule has 0 heteroatoms. The number of aryl methyl sites for hydroxylation is 2. The van der Waals surface area contributed by atoms with Gasteiger partial charge in [0, 0.05) is 5.41 Å². The predicted octanol–water partition coefficient (Wildman–Crippen LogP) is 5.58. The summed E-state index contributed by atoms with van der Waals surface area (Å²) in [5.74, 6) is 0. The van der Waals surface area contributed by atoms with Crippen molar-refractivity contribution >= 4 is 5.57 Å². The Kier molecular flexibility index (Phi) is 3.04. The van der Waals surface area contributed by atoms with Gasteiger partial charge in [-0.05, 0) is 52.7 Å². The van der Waals surface area contributed by atoms with E-state index in [0.717, 1.165) is 0 Å². The second-order valence-corrected chi connectivity index (χ2v) is 7.51. The van der Waals surface area contributed by atoms with E-state index in [1.807, 2.05) is 0 Å². The van der Waals surface area contributed by atoms with Gasteiger partial charge in [0.1, 0.15) is 0 Å². The van der Waals surface area contributed by atoms with Crippen molar-refractivity contribution in [3.8, 4) is 0 Å². The average molecular weight is 254 g/mol. The monoisotopic (exact) mass is 254 g/mol. The van der Waals surface area contributed by atoms with Crippen LogP contribution in [0, 0.1) is 19.3 Å². The van der Waals surface area contributed by atoms with Crippen LogP contribution in [0.1, 0.15) is 56.9 Å². The van der Waals surface area contributed by atoms with Crippen molar-refractivity contribution in [2.45, 2.75) is 53.9 Å². The van der Waals surface area contributed by atoms with Crippen LogP contribution >= 0.6 is 0 Å². The van der Waals surface area contributed by atoms with E-state index in [1.54, 1.807) is 0 Å². The fourth-order valence-electron chi connectivity index (χ4n) is 2.95. The molecule has 19 heavy (non-hydrogen) atoms. The summed E-state index contributed by atoms with van der Waals surface area (Å²) >= 11 is 0. The Morgan fingerprint density at radius 1 is 1.05 bits per heavy atom. The lowest BCUT2D eigenvalue weighted by atomic mass is 9.78. The lowest BCUT2D eigenvalue weighted by molar-refractivity contribution is 0.528. The SMILES string of the molecule is C=C1/C(=C\C(C)(C)C)C(C)(C)c2cc(C)c(C)cc21. The summed E-state index contributed by atoms with van der Waals surface area (Å²) in [6.07, 6.45) is 2.39. The number of hydrogen-bond acceptors (Lipinski definition) is 0. The highest BCUT2D eigenvalue weighted by Crippen LogP contribution is 2.50. The van der Waals surface area contributed by atoms with E-state index in [4.69, 9.17) is 0 Å². The molecule has 1 aromatic carbocycles. The van der Waals surface area contributed by atoms with E-state index in [0.29, 0.717) is 0 Å².